The molecule has 0 saturated heterocycles. The zero-order valence-electron chi connectivity index (χ0n) is 11.8. The number of hydrogen-bond donors (Lipinski definition) is 1. The Bertz CT molecular complexity index is 628. The van der Waals surface area contributed by atoms with Crippen LogP contribution in [0.5, 0.6) is 5.75 Å². The standard InChI is InChI=1S/C18H17NO2/c1-21-17-13-11-16(12-14-17)19-18(20)10-6-5-9-15-7-3-2-4-8-15/h2-14H,1H3,(H,19,20)/b9-5+,10-6+. The molecule has 106 valence electrons. The molecule has 0 aliphatic rings. The van der Waals surface area contributed by atoms with Crippen LogP contribution < -0.4 is 10.1 Å². The molecule has 2 aromatic carbocycles. The van der Waals surface area contributed by atoms with E-state index in [-0.39, 0.29) is 5.91 Å². The summed E-state index contributed by atoms with van der Waals surface area (Å²) >= 11 is 0. The fourth-order valence-corrected chi connectivity index (χ4v) is 1.73. The monoisotopic (exact) mass is 279 g/mol. The first-order chi connectivity index (χ1) is 10.3. The summed E-state index contributed by atoms with van der Waals surface area (Å²) in [7, 11) is 1.61. The van der Waals surface area contributed by atoms with E-state index in [4.69, 9.17) is 4.74 Å². The van der Waals surface area contributed by atoms with E-state index >= 15 is 0 Å². The molecular weight excluding hydrogens is 262 g/mol. The Balaban J connectivity index is 1.86. The molecule has 0 saturated carbocycles. The van der Waals surface area contributed by atoms with Gasteiger partial charge in [-0.15, -0.1) is 0 Å². The van der Waals surface area contributed by atoms with Crippen molar-refractivity contribution in [3.63, 3.8) is 0 Å². The summed E-state index contributed by atoms with van der Waals surface area (Å²) in [5.74, 6) is 0.590. The van der Waals surface area contributed by atoms with Crippen LogP contribution in [0.1, 0.15) is 5.56 Å². The van der Waals surface area contributed by atoms with Crippen molar-refractivity contribution in [2.75, 3.05) is 12.4 Å². The highest BCUT2D eigenvalue weighted by Crippen LogP contribution is 2.14. The lowest BCUT2D eigenvalue weighted by Crippen LogP contribution is -2.07. The fourth-order valence-electron chi connectivity index (χ4n) is 1.73. The van der Waals surface area contributed by atoms with Gasteiger partial charge in [-0.2, -0.15) is 0 Å². The van der Waals surface area contributed by atoms with Crippen molar-refractivity contribution in [2.24, 2.45) is 0 Å². The predicted octanol–water partition coefficient (Wildman–Crippen LogP) is 3.90. The molecule has 1 amide bonds. The Hall–Kier alpha value is -2.81. The highest BCUT2D eigenvalue weighted by atomic mass is 16.5. The van der Waals surface area contributed by atoms with Gasteiger partial charge >= 0.3 is 0 Å². The number of anilines is 1. The van der Waals surface area contributed by atoms with E-state index in [9.17, 15) is 4.79 Å². The van der Waals surface area contributed by atoms with Gasteiger partial charge in [0.2, 0.25) is 5.91 Å². The van der Waals surface area contributed by atoms with E-state index in [2.05, 4.69) is 5.32 Å². The molecule has 0 aliphatic heterocycles. The normalized spacial score (nSPS) is 10.9. The van der Waals surface area contributed by atoms with Gasteiger partial charge < -0.3 is 10.1 Å². The van der Waals surface area contributed by atoms with E-state index in [1.54, 1.807) is 37.5 Å². The van der Waals surface area contributed by atoms with Gasteiger partial charge in [0, 0.05) is 11.8 Å². The molecule has 0 aromatic heterocycles. The Kier molecular flexibility index (Phi) is 5.35. The average Bonchev–Trinajstić information content (AvgIpc) is 2.53. The van der Waals surface area contributed by atoms with Crippen molar-refractivity contribution in [1.29, 1.82) is 0 Å². The third-order valence-corrected chi connectivity index (χ3v) is 2.80. The van der Waals surface area contributed by atoms with Crippen LogP contribution >= 0.6 is 0 Å². The molecule has 0 fully saturated rings. The lowest BCUT2D eigenvalue weighted by atomic mass is 10.2. The van der Waals surface area contributed by atoms with Gasteiger partial charge in [-0.05, 0) is 29.8 Å². The van der Waals surface area contributed by atoms with Crippen LogP contribution in [-0.2, 0) is 4.79 Å². The average molecular weight is 279 g/mol. The maximum atomic E-state index is 11.7. The summed E-state index contributed by atoms with van der Waals surface area (Å²) in [5, 5.41) is 2.78. The largest absolute Gasteiger partial charge is 0.497 e. The van der Waals surface area contributed by atoms with Crippen molar-refractivity contribution in [1.82, 2.24) is 0 Å². The van der Waals surface area contributed by atoms with Crippen LogP contribution in [0, 0.1) is 0 Å². The SMILES string of the molecule is COc1ccc(NC(=O)/C=C/C=C/c2ccccc2)cc1. The number of rotatable bonds is 5. The Morgan fingerprint density at radius 3 is 2.38 bits per heavy atom. The van der Waals surface area contributed by atoms with Crippen molar-refractivity contribution >= 4 is 17.7 Å². The minimum absolute atomic E-state index is 0.169. The van der Waals surface area contributed by atoms with Crippen molar-refractivity contribution < 1.29 is 9.53 Å². The Morgan fingerprint density at radius 1 is 1.00 bits per heavy atom. The molecule has 0 atom stereocenters. The van der Waals surface area contributed by atoms with Crippen molar-refractivity contribution in [2.45, 2.75) is 0 Å². The van der Waals surface area contributed by atoms with E-state index in [0.717, 1.165) is 17.0 Å². The first-order valence-electron chi connectivity index (χ1n) is 6.63. The Morgan fingerprint density at radius 2 is 1.71 bits per heavy atom. The lowest BCUT2D eigenvalue weighted by molar-refractivity contribution is -0.111. The number of carbonyl (C=O) groups is 1. The number of methoxy groups -OCH3 is 1. The molecule has 1 N–H and O–H groups in total. The second-order valence-electron chi connectivity index (χ2n) is 4.35. The fraction of sp³-hybridized carbons (Fsp3) is 0.0556. The van der Waals surface area contributed by atoms with Gasteiger partial charge in [-0.3, -0.25) is 4.79 Å². The third-order valence-electron chi connectivity index (χ3n) is 2.80. The molecule has 0 spiro atoms. The van der Waals surface area contributed by atoms with Gasteiger partial charge in [-0.25, -0.2) is 0 Å². The van der Waals surface area contributed by atoms with Crippen LogP contribution in [-0.4, -0.2) is 13.0 Å². The minimum atomic E-state index is -0.169. The molecule has 3 nitrogen and oxygen atoms in total. The number of ether oxygens (including phenoxy) is 1. The number of allylic oxidation sites excluding steroid dienone is 2. The van der Waals surface area contributed by atoms with E-state index in [1.807, 2.05) is 42.5 Å². The van der Waals surface area contributed by atoms with Gasteiger partial charge in [-0.1, -0.05) is 48.6 Å². The van der Waals surface area contributed by atoms with Gasteiger partial charge in [0.15, 0.2) is 0 Å². The molecule has 2 aromatic rings. The summed E-state index contributed by atoms with van der Waals surface area (Å²) in [4.78, 5) is 11.7. The molecule has 0 bridgehead atoms. The second-order valence-corrected chi connectivity index (χ2v) is 4.35. The maximum absolute atomic E-state index is 11.7. The minimum Gasteiger partial charge on any atom is -0.497 e. The lowest BCUT2D eigenvalue weighted by Gasteiger charge is -2.03. The molecular formula is C18H17NO2. The summed E-state index contributed by atoms with van der Waals surface area (Å²) in [6.45, 7) is 0. The molecule has 0 unspecified atom stereocenters. The van der Waals surface area contributed by atoms with Crippen LogP contribution in [0.15, 0.2) is 72.8 Å². The van der Waals surface area contributed by atoms with Crippen LogP contribution in [0.2, 0.25) is 0 Å². The van der Waals surface area contributed by atoms with E-state index in [0.29, 0.717) is 0 Å². The number of benzene rings is 2. The van der Waals surface area contributed by atoms with Gasteiger partial charge in [0.05, 0.1) is 7.11 Å². The van der Waals surface area contributed by atoms with Gasteiger partial charge in [0.1, 0.15) is 5.75 Å². The van der Waals surface area contributed by atoms with Gasteiger partial charge in [0.25, 0.3) is 0 Å². The van der Waals surface area contributed by atoms with Crippen LogP contribution in [0.25, 0.3) is 6.08 Å². The number of nitrogens with one attached hydrogen (secondary N) is 1. The Labute approximate surface area is 124 Å². The first kappa shape index (κ1) is 14.6. The van der Waals surface area contributed by atoms with Crippen LogP contribution in [0.3, 0.4) is 0 Å². The zero-order valence-corrected chi connectivity index (χ0v) is 11.8. The smallest absolute Gasteiger partial charge is 0.248 e. The van der Waals surface area contributed by atoms with Crippen molar-refractivity contribution in [3.8, 4) is 5.75 Å². The summed E-state index contributed by atoms with van der Waals surface area (Å²) in [5.41, 5.74) is 1.83. The molecule has 0 aliphatic carbocycles. The zero-order chi connectivity index (χ0) is 14.9. The molecule has 2 rings (SSSR count). The quantitative estimate of drug-likeness (QED) is 0.666. The van der Waals surface area contributed by atoms with Crippen molar-refractivity contribution in [3.05, 3.63) is 78.4 Å². The number of carbonyl (C=O) groups excluding carboxylic acids is 1. The summed E-state index contributed by atoms with van der Waals surface area (Å²) in [6, 6.07) is 17.1. The maximum Gasteiger partial charge on any atom is 0.248 e. The van der Waals surface area contributed by atoms with E-state index < -0.39 is 0 Å². The van der Waals surface area contributed by atoms with E-state index in [1.165, 1.54) is 6.08 Å². The molecule has 0 heterocycles. The number of hydrogen-bond acceptors (Lipinski definition) is 2. The third kappa shape index (κ3) is 4.99. The van der Waals surface area contributed by atoms with Crippen LogP contribution in [0.4, 0.5) is 5.69 Å². The molecule has 0 radical (unpaired) electrons. The molecule has 21 heavy (non-hydrogen) atoms. The topological polar surface area (TPSA) is 38.3 Å². The summed E-state index contributed by atoms with van der Waals surface area (Å²) in [6.07, 6.45) is 6.98. The first-order valence-corrected chi connectivity index (χ1v) is 6.63. The highest BCUT2D eigenvalue weighted by molar-refractivity contribution is 5.99. The number of amides is 1. The highest BCUT2D eigenvalue weighted by Gasteiger charge is 1.97. The predicted molar refractivity (Wildman–Crippen MR) is 86.2 cm³/mol. The molecule has 3 heteroatoms. The second kappa shape index (κ2) is 7.70. The summed E-state index contributed by atoms with van der Waals surface area (Å²) < 4.78 is 5.06.